The zero-order valence-electron chi connectivity index (χ0n) is 28.1. The van der Waals surface area contributed by atoms with Crippen molar-refractivity contribution in [2.45, 2.75) is 121 Å². The molecule has 3 heterocycles. The van der Waals surface area contributed by atoms with Gasteiger partial charge in [-0.2, -0.15) is 5.06 Å². The Labute approximate surface area is 283 Å². The number of phenolic OH excluding ortho intramolecular Hbond substituents is 1. The van der Waals surface area contributed by atoms with Gasteiger partial charge in [0.1, 0.15) is 35.6 Å². The molecule has 48 heavy (non-hydrogen) atoms. The van der Waals surface area contributed by atoms with Gasteiger partial charge in [-0.1, -0.05) is 94.1 Å². The van der Waals surface area contributed by atoms with Gasteiger partial charge in [0.25, 0.3) is 0 Å². The Kier molecular flexibility index (Phi) is 10.9. The van der Waals surface area contributed by atoms with Crippen molar-refractivity contribution >= 4 is 18.0 Å². The fourth-order valence-electron chi connectivity index (χ4n) is 8.04. The summed E-state index contributed by atoms with van der Waals surface area (Å²) in [7, 11) is 0. The number of fused-ring (bicyclic) bond motifs is 4. The van der Waals surface area contributed by atoms with E-state index in [1.165, 1.54) is 0 Å². The Morgan fingerprint density at radius 1 is 0.979 bits per heavy atom. The number of nitrogens with one attached hydrogen (secondary N) is 1. The first-order valence-corrected chi connectivity index (χ1v) is 17.8. The van der Waals surface area contributed by atoms with Gasteiger partial charge in [-0.15, -0.1) is 0 Å². The molecule has 0 aromatic heterocycles. The van der Waals surface area contributed by atoms with Gasteiger partial charge in [-0.25, -0.2) is 0 Å². The monoisotopic (exact) mass is 662 g/mol. The zero-order chi connectivity index (χ0) is 33.7. The van der Waals surface area contributed by atoms with Gasteiger partial charge < -0.3 is 29.7 Å². The third-order valence-corrected chi connectivity index (χ3v) is 10.4. The first kappa shape index (κ1) is 34.6. The second kappa shape index (κ2) is 15.1. The standard InChI is InChI=1S/C38H50N2O8/c1-3-5-11-20-37(21-12-6-4-2)46-31-30-24-38(36(44)39-22-23-41)33(35(43)45-30)40(48-34(38)32(31)47-37)25-28-16-8-7-14-26(28)17-13-18-27-15-9-10-19-29(27)42/h7-10,13-17,19,30-34,41-42H,3-6,11-12,18,20-25H2,1-2H3,(H,39,44). The van der Waals surface area contributed by atoms with Crippen molar-refractivity contribution in [2.75, 3.05) is 13.2 Å². The highest BCUT2D eigenvalue weighted by atomic mass is 16.8. The van der Waals surface area contributed by atoms with Gasteiger partial charge in [0.05, 0.1) is 13.2 Å². The summed E-state index contributed by atoms with van der Waals surface area (Å²) < 4.78 is 19.8. The Morgan fingerprint density at radius 3 is 2.38 bits per heavy atom. The van der Waals surface area contributed by atoms with Crippen LogP contribution in [0.1, 0.15) is 88.3 Å². The van der Waals surface area contributed by atoms with Crippen LogP contribution in [0, 0.1) is 5.41 Å². The number of unbranched alkanes of at least 4 members (excludes halogenated alkanes) is 4. The summed E-state index contributed by atoms with van der Waals surface area (Å²) in [6, 6.07) is 14.1. The molecule has 10 heteroatoms. The van der Waals surface area contributed by atoms with Crippen LogP contribution in [0.2, 0.25) is 0 Å². The summed E-state index contributed by atoms with van der Waals surface area (Å²) in [5, 5.41) is 24.3. The maximum Gasteiger partial charge on any atom is 0.327 e. The number of aromatic hydroxyl groups is 1. The summed E-state index contributed by atoms with van der Waals surface area (Å²) in [5.41, 5.74) is 1.37. The zero-order valence-corrected chi connectivity index (χ0v) is 28.1. The molecule has 1 saturated carbocycles. The average Bonchev–Trinajstić information content (AvgIpc) is 3.64. The summed E-state index contributed by atoms with van der Waals surface area (Å²) in [6.45, 7) is 4.40. The molecule has 260 valence electrons. The summed E-state index contributed by atoms with van der Waals surface area (Å²) >= 11 is 0. The molecule has 1 aliphatic carbocycles. The number of hydroxylamine groups is 2. The lowest BCUT2D eigenvalue weighted by Crippen LogP contribution is -2.69. The van der Waals surface area contributed by atoms with Crippen LogP contribution in [0.25, 0.3) is 6.08 Å². The number of amides is 1. The van der Waals surface area contributed by atoms with Crippen LogP contribution < -0.4 is 5.32 Å². The number of benzene rings is 2. The molecule has 2 bridgehead atoms. The minimum Gasteiger partial charge on any atom is -0.508 e. The number of aliphatic hydroxyl groups is 1. The lowest BCUT2D eigenvalue weighted by molar-refractivity contribution is -0.224. The van der Waals surface area contributed by atoms with Crippen LogP contribution in [0.15, 0.2) is 54.6 Å². The van der Waals surface area contributed by atoms with E-state index >= 15 is 0 Å². The number of rotatable bonds is 16. The first-order chi connectivity index (χ1) is 23.4. The lowest BCUT2D eigenvalue weighted by Gasteiger charge is -2.48. The minimum absolute atomic E-state index is 0.0633. The fourth-order valence-corrected chi connectivity index (χ4v) is 8.04. The van der Waals surface area contributed by atoms with Crippen molar-refractivity contribution in [1.82, 2.24) is 10.4 Å². The number of ether oxygens (including phenoxy) is 3. The van der Waals surface area contributed by atoms with Gasteiger partial charge in [0.15, 0.2) is 11.8 Å². The maximum atomic E-state index is 14.2. The van der Waals surface area contributed by atoms with E-state index in [0.717, 1.165) is 68.1 Å². The van der Waals surface area contributed by atoms with E-state index in [1.54, 1.807) is 17.2 Å². The van der Waals surface area contributed by atoms with Gasteiger partial charge >= 0.3 is 5.97 Å². The molecule has 1 amide bonds. The van der Waals surface area contributed by atoms with Crippen LogP contribution in [0.5, 0.6) is 5.75 Å². The molecule has 3 N–H and O–H groups in total. The second-order valence-electron chi connectivity index (χ2n) is 13.6. The van der Waals surface area contributed by atoms with Crippen molar-refractivity contribution in [3.63, 3.8) is 0 Å². The second-order valence-corrected chi connectivity index (χ2v) is 13.6. The lowest BCUT2D eigenvalue weighted by atomic mass is 9.62. The van der Waals surface area contributed by atoms with Crippen LogP contribution in [0.4, 0.5) is 0 Å². The molecule has 3 aliphatic heterocycles. The highest BCUT2D eigenvalue weighted by molar-refractivity contribution is 5.93. The van der Waals surface area contributed by atoms with E-state index in [4.69, 9.17) is 19.0 Å². The number of aliphatic hydroxyl groups excluding tert-OH is 1. The summed E-state index contributed by atoms with van der Waals surface area (Å²) in [6.07, 6.45) is 9.78. The molecule has 4 fully saturated rings. The van der Waals surface area contributed by atoms with E-state index in [0.29, 0.717) is 6.42 Å². The number of hydrogen-bond donors (Lipinski definition) is 3. The van der Waals surface area contributed by atoms with Crippen molar-refractivity contribution in [3.05, 3.63) is 71.3 Å². The Hall–Kier alpha value is -3.28. The highest BCUT2D eigenvalue weighted by Gasteiger charge is 2.76. The number of hydrogen-bond acceptors (Lipinski definition) is 9. The average molecular weight is 663 g/mol. The molecule has 2 aromatic rings. The number of para-hydroxylation sites is 1. The predicted octanol–water partition coefficient (Wildman–Crippen LogP) is 5.20. The van der Waals surface area contributed by atoms with Crippen molar-refractivity contribution in [1.29, 1.82) is 0 Å². The molecule has 6 unspecified atom stereocenters. The highest BCUT2D eigenvalue weighted by Crippen LogP contribution is 2.58. The summed E-state index contributed by atoms with van der Waals surface area (Å²) in [5.74, 6) is -1.44. The molecule has 3 saturated heterocycles. The van der Waals surface area contributed by atoms with Gasteiger partial charge in [0.2, 0.25) is 5.91 Å². The molecule has 0 radical (unpaired) electrons. The van der Waals surface area contributed by atoms with E-state index in [2.05, 4.69) is 19.2 Å². The molecule has 6 rings (SSSR count). The molecule has 4 aliphatic rings. The Morgan fingerprint density at radius 2 is 1.67 bits per heavy atom. The van der Waals surface area contributed by atoms with Crippen LogP contribution in [0.3, 0.4) is 0 Å². The normalized spacial score (nSPS) is 28.8. The van der Waals surface area contributed by atoms with Gasteiger partial charge in [-0.3, -0.25) is 14.4 Å². The molecule has 6 atom stereocenters. The maximum absolute atomic E-state index is 14.2. The topological polar surface area (TPSA) is 127 Å². The van der Waals surface area contributed by atoms with E-state index in [9.17, 15) is 19.8 Å². The SMILES string of the molecule is CCCCCC1(CCCCC)OC2C3CC4(C(=O)NCCO)C(ON(Cc5ccccc5C=CCc5ccccc5O)C4C(=O)O3)C2O1. The third-order valence-electron chi connectivity index (χ3n) is 10.4. The quantitative estimate of drug-likeness (QED) is 0.164. The number of nitrogens with zero attached hydrogens (tertiary/aromatic N) is 1. The van der Waals surface area contributed by atoms with Crippen molar-refractivity contribution in [2.24, 2.45) is 5.41 Å². The predicted molar refractivity (Wildman–Crippen MR) is 179 cm³/mol. The van der Waals surface area contributed by atoms with Gasteiger partial charge in [-0.05, 0) is 42.0 Å². The van der Waals surface area contributed by atoms with E-state index < -0.39 is 47.6 Å². The largest absolute Gasteiger partial charge is 0.508 e. The van der Waals surface area contributed by atoms with Crippen LogP contribution in [-0.4, -0.2) is 76.5 Å². The number of esters is 1. The molecule has 10 nitrogen and oxygen atoms in total. The number of allylic oxidation sites excluding steroid dienone is 1. The number of phenols is 1. The number of carbonyl (C=O) groups is 2. The molecule has 0 spiro atoms. The van der Waals surface area contributed by atoms with E-state index in [1.807, 2.05) is 48.6 Å². The fraction of sp³-hybridized carbons (Fsp3) is 0.579. The van der Waals surface area contributed by atoms with E-state index in [-0.39, 0.29) is 37.8 Å². The smallest absolute Gasteiger partial charge is 0.327 e. The number of carbonyl (C=O) groups excluding carboxylic acids is 2. The van der Waals surface area contributed by atoms with Gasteiger partial charge in [0, 0.05) is 25.8 Å². The third kappa shape index (κ3) is 6.65. The van der Waals surface area contributed by atoms with Crippen molar-refractivity contribution < 1.29 is 38.9 Å². The minimum atomic E-state index is -1.28. The van der Waals surface area contributed by atoms with Crippen LogP contribution in [-0.2, 0) is 41.6 Å². The van der Waals surface area contributed by atoms with Crippen LogP contribution >= 0.6 is 0 Å². The molecular formula is C38H50N2O8. The summed E-state index contributed by atoms with van der Waals surface area (Å²) in [4.78, 5) is 34.9. The van der Waals surface area contributed by atoms with Crippen molar-refractivity contribution in [3.8, 4) is 5.75 Å². The Bertz CT molecular complexity index is 1450. The molecular weight excluding hydrogens is 612 g/mol. The molecule has 2 aromatic carbocycles. The first-order valence-electron chi connectivity index (χ1n) is 17.8. The Balaban J connectivity index is 1.31.